The number of rotatable bonds is 10. The van der Waals surface area contributed by atoms with Crippen molar-refractivity contribution >= 4 is 11.6 Å². The molecular weight excluding hydrogens is 312 g/mol. The Balaban J connectivity index is 1.76. The molecule has 0 heterocycles. The number of benzene rings is 2. The van der Waals surface area contributed by atoms with E-state index >= 15 is 0 Å². The van der Waals surface area contributed by atoms with Crippen molar-refractivity contribution in [2.24, 2.45) is 0 Å². The average Bonchev–Trinajstić information content (AvgIpc) is 2.58. The van der Waals surface area contributed by atoms with Gasteiger partial charge in [0.05, 0.1) is 11.6 Å². The summed E-state index contributed by atoms with van der Waals surface area (Å²) in [6.07, 6.45) is 3.90. The molecule has 3 nitrogen and oxygen atoms in total. The van der Waals surface area contributed by atoms with E-state index in [0.29, 0.717) is 24.0 Å². The molecule has 0 unspecified atom stereocenters. The third-order valence-electron chi connectivity index (χ3n) is 3.46. The molecule has 0 bridgehead atoms. The van der Waals surface area contributed by atoms with E-state index in [4.69, 9.17) is 26.2 Å². The van der Waals surface area contributed by atoms with Gasteiger partial charge in [-0.25, -0.2) is 0 Å². The van der Waals surface area contributed by atoms with Crippen molar-refractivity contribution in [1.29, 1.82) is 0 Å². The number of hydrogen-bond donors (Lipinski definition) is 1. The van der Waals surface area contributed by atoms with Crippen LogP contribution < -0.4 is 9.47 Å². The van der Waals surface area contributed by atoms with Crippen molar-refractivity contribution < 1.29 is 14.6 Å². The van der Waals surface area contributed by atoms with Crippen LogP contribution in [-0.4, -0.2) is 18.3 Å². The minimum atomic E-state index is 0.261. The Kier molecular flexibility index (Phi) is 7.78. The molecule has 2 aromatic carbocycles. The Morgan fingerprint density at radius 1 is 0.870 bits per heavy atom. The summed E-state index contributed by atoms with van der Waals surface area (Å²) in [5, 5.41) is 9.28. The Hall–Kier alpha value is -1.71. The highest BCUT2D eigenvalue weighted by Crippen LogP contribution is 2.29. The molecule has 0 aromatic heterocycles. The summed E-state index contributed by atoms with van der Waals surface area (Å²) in [7, 11) is 0. The second-order valence-corrected chi connectivity index (χ2v) is 5.76. The van der Waals surface area contributed by atoms with Gasteiger partial charge >= 0.3 is 0 Å². The van der Waals surface area contributed by atoms with E-state index < -0.39 is 0 Å². The molecule has 2 rings (SSSR count). The van der Waals surface area contributed by atoms with Crippen molar-refractivity contribution in [3.05, 3.63) is 59.1 Å². The molecular formula is C19H23ClO3. The number of hydrogen-bond acceptors (Lipinski definition) is 3. The topological polar surface area (TPSA) is 38.7 Å². The third-order valence-corrected chi connectivity index (χ3v) is 3.76. The van der Waals surface area contributed by atoms with E-state index in [9.17, 15) is 0 Å². The summed E-state index contributed by atoms with van der Waals surface area (Å²) in [6.45, 7) is 1.41. The van der Waals surface area contributed by atoms with Crippen LogP contribution in [0.2, 0.25) is 5.02 Å². The van der Waals surface area contributed by atoms with Crippen LogP contribution in [0, 0.1) is 0 Å². The van der Waals surface area contributed by atoms with Crippen molar-refractivity contribution in [2.75, 3.05) is 13.2 Å². The van der Waals surface area contributed by atoms with Crippen LogP contribution in [0.25, 0.3) is 0 Å². The monoisotopic (exact) mass is 334 g/mol. The standard InChI is InChI=1S/C19H23ClO3/c20-18-14-17(23-15-16-8-4-3-5-9-16)10-11-19(18)22-13-7-2-1-6-12-21/h3-5,8-11,14,21H,1-2,6-7,12-13,15H2. The Morgan fingerprint density at radius 2 is 1.65 bits per heavy atom. The van der Waals surface area contributed by atoms with Crippen LogP contribution in [0.4, 0.5) is 0 Å². The second kappa shape index (κ2) is 10.1. The predicted molar refractivity (Wildman–Crippen MR) is 93.3 cm³/mol. The summed E-state index contributed by atoms with van der Waals surface area (Å²) in [4.78, 5) is 0. The highest BCUT2D eigenvalue weighted by atomic mass is 35.5. The first-order valence-electron chi connectivity index (χ1n) is 7.99. The van der Waals surface area contributed by atoms with Gasteiger partial charge < -0.3 is 14.6 Å². The summed E-state index contributed by atoms with van der Waals surface area (Å²) in [5.41, 5.74) is 1.12. The van der Waals surface area contributed by atoms with Gasteiger partial charge in [-0.1, -0.05) is 48.4 Å². The van der Waals surface area contributed by atoms with Crippen LogP contribution >= 0.6 is 11.6 Å². The normalized spacial score (nSPS) is 10.5. The van der Waals surface area contributed by atoms with E-state index in [2.05, 4.69) is 0 Å². The third kappa shape index (κ3) is 6.51. The molecule has 0 aliphatic heterocycles. The van der Waals surface area contributed by atoms with Crippen molar-refractivity contribution in [1.82, 2.24) is 0 Å². The highest BCUT2D eigenvalue weighted by Gasteiger charge is 2.04. The van der Waals surface area contributed by atoms with Gasteiger partial charge in [0.1, 0.15) is 18.1 Å². The average molecular weight is 335 g/mol. The molecule has 23 heavy (non-hydrogen) atoms. The van der Waals surface area contributed by atoms with Crippen molar-refractivity contribution in [3.8, 4) is 11.5 Å². The van der Waals surface area contributed by atoms with Crippen LogP contribution in [0.3, 0.4) is 0 Å². The molecule has 1 N–H and O–H groups in total. The van der Waals surface area contributed by atoms with E-state index in [0.717, 1.165) is 37.0 Å². The molecule has 0 atom stereocenters. The van der Waals surface area contributed by atoms with Crippen molar-refractivity contribution in [2.45, 2.75) is 32.3 Å². The maximum absolute atomic E-state index is 8.72. The molecule has 0 radical (unpaired) electrons. The van der Waals surface area contributed by atoms with Crippen LogP contribution in [0.5, 0.6) is 11.5 Å². The first kappa shape index (κ1) is 17.6. The fourth-order valence-electron chi connectivity index (χ4n) is 2.18. The molecule has 2 aromatic rings. The Morgan fingerprint density at radius 3 is 2.39 bits per heavy atom. The maximum atomic E-state index is 8.72. The summed E-state index contributed by atoms with van der Waals surface area (Å²) in [5.74, 6) is 1.41. The zero-order valence-electron chi connectivity index (χ0n) is 13.2. The van der Waals surface area contributed by atoms with Gasteiger partial charge in [0.2, 0.25) is 0 Å². The van der Waals surface area contributed by atoms with Gasteiger partial charge in [-0.3, -0.25) is 0 Å². The second-order valence-electron chi connectivity index (χ2n) is 5.35. The molecule has 0 fully saturated rings. The minimum absolute atomic E-state index is 0.261. The van der Waals surface area contributed by atoms with Crippen molar-refractivity contribution in [3.63, 3.8) is 0 Å². The van der Waals surface area contributed by atoms with Gasteiger partial charge in [0.15, 0.2) is 0 Å². The largest absolute Gasteiger partial charge is 0.492 e. The lowest BCUT2D eigenvalue weighted by atomic mass is 10.2. The fourth-order valence-corrected chi connectivity index (χ4v) is 2.40. The predicted octanol–water partition coefficient (Wildman–Crippen LogP) is 4.85. The highest BCUT2D eigenvalue weighted by molar-refractivity contribution is 6.32. The molecule has 0 spiro atoms. The Bertz CT molecular complexity index is 572. The molecule has 0 saturated carbocycles. The molecule has 0 saturated heterocycles. The van der Waals surface area contributed by atoms with Gasteiger partial charge in [0.25, 0.3) is 0 Å². The Labute approximate surface area is 142 Å². The molecule has 0 aliphatic rings. The summed E-state index contributed by atoms with van der Waals surface area (Å²) >= 11 is 6.24. The fraction of sp³-hybridized carbons (Fsp3) is 0.368. The number of ether oxygens (including phenoxy) is 2. The lowest BCUT2D eigenvalue weighted by molar-refractivity contribution is 0.273. The lowest BCUT2D eigenvalue weighted by Crippen LogP contribution is -1.99. The number of unbranched alkanes of at least 4 members (excludes halogenated alkanes) is 3. The van der Waals surface area contributed by atoms with E-state index in [1.165, 1.54) is 0 Å². The number of halogens is 1. The molecule has 0 amide bonds. The SMILES string of the molecule is OCCCCCCOc1ccc(OCc2ccccc2)cc1Cl. The zero-order valence-corrected chi connectivity index (χ0v) is 14.0. The quantitative estimate of drug-likeness (QED) is 0.631. The number of aliphatic hydroxyl groups is 1. The smallest absolute Gasteiger partial charge is 0.138 e. The van der Waals surface area contributed by atoms with Crippen LogP contribution in [0.1, 0.15) is 31.2 Å². The lowest BCUT2D eigenvalue weighted by Gasteiger charge is -2.11. The zero-order chi connectivity index (χ0) is 16.3. The van der Waals surface area contributed by atoms with Gasteiger partial charge in [-0.15, -0.1) is 0 Å². The maximum Gasteiger partial charge on any atom is 0.138 e. The van der Waals surface area contributed by atoms with Gasteiger partial charge in [-0.05, 0) is 37.0 Å². The number of aliphatic hydroxyl groups excluding tert-OH is 1. The van der Waals surface area contributed by atoms with E-state index in [-0.39, 0.29) is 6.61 Å². The molecule has 124 valence electrons. The minimum Gasteiger partial charge on any atom is -0.492 e. The van der Waals surface area contributed by atoms with Gasteiger partial charge in [0, 0.05) is 12.7 Å². The van der Waals surface area contributed by atoms with Crippen LogP contribution in [-0.2, 0) is 6.61 Å². The molecule has 4 heteroatoms. The van der Waals surface area contributed by atoms with E-state index in [1.807, 2.05) is 42.5 Å². The van der Waals surface area contributed by atoms with Crippen LogP contribution in [0.15, 0.2) is 48.5 Å². The molecule has 0 aliphatic carbocycles. The summed E-state index contributed by atoms with van der Waals surface area (Å²) in [6, 6.07) is 15.5. The summed E-state index contributed by atoms with van der Waals surface area (Å²) < 4.78 is 11.4. The van der Waals surface area contributed by atoms with E-state index in [1.54, 1.807) is 6.07 Å². The first-order chi connectivity index (χ1) is 11.3. The van der Waals surface area contributed by atoms with Gasteiger partial charge in [-0.2, -0.15) is 0 Å². The first-order valence-corrected chi connectivity index (χ1v) is 8.37.